The summed E-state index contributed by atoms with van der Waals surface area (Å²) in [5.41, 5.74) is -1.54. The predicted molar refractivity (Wildman–Crippen MR) is 68.5 cm³/mol. The Morgan fingerprint density at radius 1 is 1.00 bits per heavy atom. The van der Waals surface area contributed by atoms with Crippen molar-refractivity contribution in [1.82, 2.24) is 4.98 Å². The van der Waals surface area contributed by atoms with Crippen LogP contribution in [0.15, 0.2) is 23.0 Å². The second kappa shape index (κ2) is 4.47. The Balaban J connectivity index is 2.60. The molecule has 0 unspecified atom stereocenters. The lowest BCUT2D eigenvalue weighted by Gasteiger charge is -2.07. The fourth-order valence-electron chi connectivity index (χ4n) is 2.18. The standard InChI is InChI=1S/C14H7F4NO2/c1-21-5-2-3-6-7(4-5)19-13-8(14(6)20)9(15)10(16)11(17)12(13)18/h2-4H,1H3,(H,19,20). The highest BCUT2D eigenvalue weighted by molar-refractivity contribution is 5.93. The van der Waals surface area contributed by atoms with Gasteiger partial charge in [-0.2, -0.15) is 0 Å². The topological polar surface area (TPSA) is 42.1 Å². The van der Waals surface area contributed by atoms with Crippen molar-refractivity contribution in [2.24, 2.45) is 0 Å². The van der Waals surface area contributed by atoms with Crippen LogP contribution in [0.5, 0.6) is 5.75 Å². The number of fused-ring (bicyclic) bond motifs is 2. The van der Waals surface area contributed by atoms with Crippen LogP contribution < -0.4 is 10.2 Å². The highest BCUT2D eigenvalue weighted by Crippen LogP contribution is 2.26. The summed E-state index contributed by atoms with van der Waals surface area (Å²) >= 11 is 0. The highest BCUT2D eigenvalue weighted by Gasteiger charge is 2.23. The average molecular weight is 297 g/mol. The monoisotopic (exact) mass is 297 g/mol. The normalized spacial score (nSPS) is 11.3. The minimum absolute atomic E-state index is 0.00704. The first-order valence-electron chi connectivity index (χ1n) is 5.81. The van der Waals surface area contributed by atoms with Gasteiger partial charge in [0.15, 0.2) is 28.7 Å². The number of nitrogens with one attached hydrogen (secondary N) is 1. The Morgan fingerprint density at radius 2 is 1.67 bits per heavy atom. The molecule has 0 saturated carbocycles. The fraction of sp³-hybridized carbons (Fsp3) is 0.0714. The van der Waals surface area contributed by atoms with Crippen LogP contribution in [0, 0.1) is 23.3 Å². The van der Waals surface area contributed by atoms with Gasteiger partial charge < -0.3 is 9.72 Å². The largest absolute Gasteiger partial charge is 0.497 e. The van der Waals surface area contributed by atoms with E-state index in [9.17, 15) is 22.4 Å². The van der Waals surface area contributed by atoms with Crippen LogP contribution in [0.3, 0.4) is 0 Å². The lowest BCUT2D eigenvalue weighted by molar-refractivity contribution is 0.415. The van der Waals surface area contributed by atoms with Crippen LogP contribution in [0.25, 0.3) is 21.8 Å². The van der Waals surface area contributed by atoms with Crippen LogP contribution in [-0.2, 0) is 0 Å². The molecule has 0 aliphatic heterocycles. The van der Waals surface area contributed by atoms with Crippen molar-refractivity contribution in [3.63, 3.8) is 0 Å². The van der Waals surface area contributed by atoms with Crippen molar-refractivity contribution in [3.05, 3.63) is 51.7 Å². The molecule has 1 N–H and O–H groups in total. The van der Waals surface area contributed by atoms with Crippen molar-refractivity contribution in [3.8, 4) is 5.75 Å². The van der Waals surface area contributed by atoms with Gasteiger partial charge in [0, 0.05) is 11.5 Å². The molecule has 0 bridgehead atoms. The molecule has 3 rings (SSSR count). The van der Waals surface area contributed by atoms with Crippen molar-refractivity contribution in [1.29, 1.82) is 0 Å². The molecular formula is C14H7F4NO2. The van der Waals surface area contributed by atoms with Crippen molar-refractivity contribution >= 4 is 21.8 Å². The lowest BCUT2D eigenvalue weighted by atomic mass is 10.1. The number of H-pyrrole nitrogens is 1. The molecule has 1 heterocycles. The third kappa shape index (κ3) is 1.77. The summed E-state index contributed by atoms with van der Waals surface area (Å²) in [6.45, 7) is 0. The number of aromatic nitrogens is 1. The predicted octanol–water partition coefficient (Wildman–Crippen LogP) is 3.25. The Bertz CT molecular complexity index is 949. The zero-order valence-electron chi connectivity index (χ0n) is 10.6. The Labute approximate surface area is 114 Å². The maximum Gasteiger partial charge on any atom is 0.200 e. The van der Waals surface area contributed by atoms with Gasteiger partial charge in [-0.25, -0.2) is 17.6 Å². The van der Waals surface area contributed by atoms with Gasteiger partial charge in [-0.15, -0.1) is 0 Å². The molecule has 3 nitrogen and oxygen atoms in total. The van der Waals surface area contributed by atoms with E-state index < -0.39 is 39.6 Å². The number of rotatable bonds is 1. The number of halogens is 4. The second-order valence-corrected chi connectivity index (χ2v) is 4.37. The molecule has 0 radical (unpaired) electrons. The van der Waals surface area contributed by atoms with Crippen molar-refractivity contribution < 1.29 is 22.3 Å². The van der Waals surface area contributed by atoms with E-state index in [1.807, 2.05) is 0 Å². The number of ether oxygens (including phenoxy) is 1. The first kappa shape index (κ1) is 13.4. The van der Waals surface area contributed by atoms with Gasteiger partial charge in [-0.3, -0.25) is 4.79 Å². The number of benzene rings is 2. The molecule has 0 fully saturated rings. The smallest absolute Gasteiger partial charge is 0.200 e. The number of aromatic amines is 1. The minimum atomic E-state index is -2.02. The molecule has 3 aromatic rings. The molecule has 108 valence electrons. The van der Waals surface area contributed by atoms with Gasteiger partial charge in [-0.05, 0) is 12.1 Å². The molecule has 0 spiro atoms. The summed E-state index contributed by atoms with van der Waals surface area (Å²) in [5.74, 6) is -6.99. The molecule has 7 heteroatoms. The number of pyridine rings is 1. The Morgan fingerprint density at radius 3 is 2.33 bits per heavy atom. The zero-order chi connectivity index (χ0) is 15.3. The lowest BCUT2D eigenvalue weighted by Crippen LogP contribution is -2.11. The number of hydrogen-bond acceptors (Lipinski definition) is 2. The maximum absolute atomic E-state index is 13.7. The van der Waals surface area contributed by atoms with Gasteiger partial charge in [0.25, 0.3) is 0 Å². The molecule has 21 heavy (non-hydrogen) atoms. The average Bonchev–Trinajstić information content (AvgIpc) is 2.50. The van der Waals surface area contributed by atoms with E-state index >= 15 is 0 Å². The summed E-state index contributed by atoms with van der Waals surface area (Å²) in [6.07, 6.45) is 0. The van der Waals surface area contributed by atoms with Gasteiger partial charge >= 0.3 is 0 Å². The van der Waals surface area contributed by atoms with Gasteiger partial charge in [0.1, 0.15) is 5.75 Å². The molecule has 0 saturated heterocycles. The minimum Gasteiger partial charge on any atom is -0.497 e. The molecule has 1 aromatic heterocycles. The third-order valence-corrected chi connectivity index (χ3v) is 3.23. The Kier molecular flexibility index (Phi) is 2.86. The SMILES string of the molecule is COc1ccc2c(=O)c3c(F)c(F)c(F)c(F)c3[nH]c2c1. The Hall–Kier alpha value is -2.57. The maximum atomic E-state index is 13.7. The van der Waals surface area contributed by atoms with E-state index in [1.165, 1.54) is 25.3 Å². The van der Waals surface area contributed by atoms with E-state index in [2.05, 4.69) is 4.98 Å². The zero-order valence-corrected chi connectivity index (χ0v) is 10.6. The van der Waals surface area contributed by atoms with Gasteiger partial charge in [-0.1, -0.05) is 0 Å². The summed E-state index contributed by atoms with van der Waals surface area (Å²) in [5, 5.41) is -0.850. The van der Waals surface area contributed by atoms with Crippen molar-refractivity contribution in [2.45, 2.75) is 0 Å². The molecule has 0 aliphatic rings. The van der Waals surface area contributed by atoms with E-state index in [0.717, 1.165) is 0 Å². The van der Waals surface area contributed by atoms with Crippen LogP contribution in [0.4, 0.5) is 17.6 Å². The van der Waals surface area contributed by atoms with E-state index in [1.54, 1.807) is 0 Å². The molecule has 2 aromatic carbocycles. The molecule has 0 aliphatic carbocycles. The van der Waals surface area contributed by atoms with Crippen LogP contribution in [0.2, 0.25) is 0 Å². The summed E-state index contributed by atoms with van der Waals surface area (Å²) in [4.78, 5) is 14.6. The van der Waals surface area contributed by atoms with E-state index in [-0.39, 0.29) is 10.9 Å². The van der Waals surface area contributed by atoms with Gasteiger partial charge in [0.2, 0.25) is 0 Å². The second-order valence-electron chi connectivity index (χ2n) is 4.37. The molecule has 0 atom stereocenters. The first-order chi connectivity index (χ1) is 9.95. The van der Waals surface area contributed by atoms with Gasteiger partial charge in [0.05, 0.1) is 23.5 Å². The van der Waals surface area contributed by atoms with Crippen LogP contribution in [-0.4, -0.2) is 12.1 Å². The van der Waals surface area contributed by atoms with Crippen molar-refractivity contribution in [2.75, 3.05) is 7.11 Å². The third-order valence-electron chi connectivity index (χ3n) is 3.23. The summed E-state index contributed by atoms with van der Waals surface area (Å²) < 4.78 is 59.0. The number of hydrogen-bond donors (Lipinski definition) is 1. The summed E-state index contributed by atoms with van der Waals surface area (Å²) in [6, 6.07) is 4.14. The first-order valence-corrected chi connectivity index (χ1v) is 5.81. The number of methoxy groups -OCH3 is 1. The quantitative estimate of drug-likeness (QED) is 0.324. The highest BCUT2D eigenvalue weighted by atomic mass is 19.2. The summed E-state index contributed by atoms with van der Waals surface area (Å²) in [7, 11) is 1.38. The molecule has 0 amide bonds. The molecular weight excluding hydrogens is 290 g/mol. The van der Waals surface area contributed by atoms with Crippen LogP contribution >= 0.6 is 0 Å². The van der Waals surface area contributed by atoms with Crippen LogP contribution in [0.1, 0.15) is 0 Å². The van der Waals surface area contributed by atoms with E-state index in [0.29, 0.717) is 5.75 Å². The fourth-order valence-corrected chi connectivity index (χ4v) is 2.18. The van der Waals surface area contributed by atoms with E-state index in [4.69, 9.17) is 4.74 Å².